The Bertz CT molecular complexity index is 552. The largest absolute Gasteiger partial charge is 0.392 e. The molecule has 1 heterocycles. The Balaban J connectivity index is 1.81. The van der Waals surface area contributed by atoms with Gasteiger partial charge < -0.3 is 16.2 Å². The Morgan fingerprint density at radius 1 is 1.20 bits per heavy atom. The molecule has 0 saturated heterocycles. The fraction of sp³-hybridized carbons (Fsp3) is 0.267. The zero-order valence-electron chi connectivity index (χ0n) is 11.2. The average molecular weight is 289 g/mol. The molecule has 4 nitrogen and oxygen atoms in total. The van der Waals surface area contributed by atoms with Crippen molar-refractivity contribution in [3.05, 3.63) is 57.8 Å². The van der Waals surface area contributed by atoms with Gasteiger partial charge in [0.15, 0.2) is 5.96 Å². The molecule has 0 atom stereocenters. The summed E-state index contributed by atoms with van der Waals surface area (Å²) in [6.45, 7) is 1.28. The summed E-state index contributed by atoms with van der Waals surface area (Å²) in [6.07, 6.45) is 0.946. The summed E-state index contributed by atoms with van der Waals surface area (Å²) in [6, 6.07) is 11.8. The number of aliphatic imine (C=N–C) groups is 1. The number of nitrogens with zero attached hydrogens (tertiary/aromatic N) is 1. The SMILES string of the molecule is NC(=NCc1ccccc1CO)NCCc1cccs1. The average Bonchev–Trinajstić information content (AvgIpc) is 2.98. The molecule has 20 heavy (non-hydrogen) atoms. The zero-order valence-corrected chi connectivity index (χ0v) is 12.1. The third-order valence-corrected chi connectivity index (χ3v) is 3.90. The van der Waals surface area contributed by atoms with E-state index in [0.29, 0.717) is 12.5 Å². The molecule has 106 valence electrons. The van der Waals surface area contributed by atoms with E-state index in [4.69, 9.17) is 5.73 Å². The molecule has 1 aromatic heterocycles. The Morgan fingerprint density at radius 3 is 2.70 bits per heavy atom. The maximum absolute atomic E-state index is 9.24. The van der Waals surface area contributed by atoms with Crippen LogP contribution < -0.4 is 11.1 Å². The van der Waals surface area contributed by atoms with Crippen molar-refractivity contribution >= 4 is 17.3 Å². The Morgan fingerprint density at radius 2 is 2.00 bits per heavy atom. The summed E-state index contributed by atoms with van der Waals surface area (Å²) < 4.78 is 0. The number of thiophene rings is 1. The third kappa shape index (κ3) is 4.36. The predicted molar refractivity (Wildman–Crippen MR) is 83.7 cm³/mol. The Labute approximate surface area is 123 Å². The molecule has 0 radical (unpaired) electrons. The van der Waals surface area contributed by atoms with Gasteiger partial charge in [-0.15, -0.1) is 11.3 Å². The zero-order chi connectivity index (χ0) is 14.2. The molecule has 4 N–H and O–H groups in total. The molecule has 0 spiro atoms. The van der Waals surface area contributed by atoms with Crippen LogP contribution in [0.4, 0.5) is 0 Å². The molecule has 0 saturated carbocycles. The summed E-state index contributed by atoms with van der Waals surface area (Å²) in [7, 11) is 0. The molecule has 0 bridgehead atoms. The van der Waals surface area contributed by atoms with E-state index in [9.17, 15) is 5.11 Å². The lowest BCUT2D eigenvalue weighted by atomic mass is 10.1. The molecule has 2 rings (SSSR count). The van der Waals surface area contributed by atoms with Gasteiger partial charge in [-0.3, -0.25) is 0 Å². The van der Waals surface area contributed by atoms with Crippen LogP contribution in [-0.4, -0.2) is 17.6 Å². The highest BCUT2D eigenvalue weighted by Gasteiger charge is 2.00. The first-order valence-corrected chi connectivity index (χ1v) is 7.41. The maximum atomic E-state index is 9.24. The number of hydrogen-bond donors (Lipinski definition) is 3. The number of guanidine groups is 1. The van der Waals surface area contributed by atoms with E-state index < -0.39 is 0 Å². The van der Waals surface area contributed by atoms with Crippen molar-refractivity contribution in [3.63, 3.8) is 0 Å². The van der Waals surface area contributed by atoms with E-state index in [2.05, 4.69) is 21.8 Å². The number of hydrogen-bond acceptors (Lipinski definition) is 3. The number of rotatable bonds is 6. The topological polar surface area (TPSA) is 70.6 Å². The minimum absolute atomic E-state index is 0.0252. The van der Waals surface area contributed by atoms with Crippen molar-refractivity contribution in [2.75, 3.05) is 6.54 Å². The lowest BCUT2D eigenvalue weighted by Gasteiger charge is -2.07. The molecule has 5 heteroatoms. The van der Waals surface area contributed by atoms with Crippen molar-refractivity contribution in [2.45, 2.75) is 19.6 Å². The fourth-order valence-corrected chi connectivity index (χ4v) is 2.57. The van der Waals surface area contributed by atoms with Crippen LogP contribution in [0, 0.1) is 0 Å². The minimum Gasteiger partial charge on any atom is -0.392 e. The van der Waals surface area contributed by atoms with Crippen LogP contribution in [0.1, 0.15) is 16.0 Å². The van der Waals surface area contributed by atoms with Gasteiger partial charge in [-0.05, 0) is 29.0 Å². The molecule has 0 aliphatic heterocycles. The van der Waals surface area contributed by atoms with Crippen molar-refractivity contribution in [2.24, 2.45) is 10.7 Å². The van der Waals surface area contributed by atoms with Crippen molar-refractivity contribution in [1.29, 1.82) is 0 Å². The van der Waals surface area contributed by atoms with Gasteiger partial charge in [-0.25, -0.2) is 4.99 Å². The van der Waals surface area contributed by atoms with Crippen LogP contribution in [0.3, 0.4) is 0 Å². The highest BCUT2D eigenvalue weighted by atomic mass is 32.1. The first-order valence-electron chi connectivity index (χ1n) is 6.53. The summed E-state index contributed by atoms with van der Waals surface area (Å²) in [4.78, 5) is 5.63. The van der Waals surface area contributed by atoms with Crippen molar-refractivity contribution in [1.82, 2.24) is 5.32 Å². The second-order valence-corrected chi connectivity index (χ2v) is 5.42. The standard InChI is InChI=1S/C15H19N3OS/c16-15(17-8-7-14-6-3-9-20-14)18-10-12-4-1-2-5-13(12)11-19/h1-6,9,19H,7-8,10-11H2,(H3,16,17,18). The van der Waals surface area contributed by atoms with Crippen LogP contribution in [0.25, 0.3) is 0 Å². The van der Waals surface area contributed by atoms with Crippen molar-refractivity contribution < 1.29 is 5.11 Å². The van der Waals surface area contributed by atoms with E-state index in [1.54, 1.807) is 11.3 Å². The van der Waals surface area contributed by atoms with E-state index >= 15 is 0 Å². The number of aliphatic hydroxyl groups excluding tert-OH is 1. The van der Waals surface area contributed by atoms with Crippen LogP contribution in [0.5, 0.6) is 0 Å². The lowest BCUT2D eigenvalue weighted by molar-refractivity contribution is 0.280. The van der Waals surface area contributed by atoms with Gasteiger partial charge in [0.05, 0.1) is 13.2 Å². The smallest absolute Gasteiger partial charge is 0.188 e. The molecule has 0 fully saturated rings. The lowest BCUT2D eigenvalue weighted by Crippen LogP contribution is -2.33. The van der Waals surface area contributed by atoms with Gasteiger partial charge in [0, 0.05) is 11.4 Å². The van der Waals surface area contributed by atoms with Gasteiger partial charge in [0.25, 0.3) is 0 Å². The first-order chi connectivity index (χ1) is 9.79. The van der Waals surface area contributed by atoms with E-state index in [0.717, 1.165) is 24.1 Å². The number of nitrogens with one attached hydrogen (secondary N) is 1. The normalized spacial score (nSPS) is 11.6. The molecule has 2 aromatic rings. The van der Waals surface area contributed by atoms with Gasteiger partial charge in [0.1, 0.15) is 0 Å². The second kappa shape index (κ2) is 7.67. The quantitative estimate of drug-likeness (QED) is 0.562. The van der Waals surface area contributed by atoms with E-state index in [-0.39, 0.29) is 6.61 Å². The van der Waals surface area contributed by atoms with E-state index in [1.165, 1.54) is 4.88 Å². The first kappa shape index (κ1) is 14.6. The van der Waals surface area contributed by atoms with Crippen molar-refractivity contribution in [3.8, 4) is 0 Å². The fourth-order valence-electron chi connectivity index (χ4n) is 1.86. The van der Waals surface area contributed by atoms with Gasteiger partial charge in [0.2, 0.25) is 0 Å². The van der Waals surface area contributed by atoms with Gasteiger partial charge in [-0.2, -0.15) is 0 Å². The molecule has 0 aliphatic rings. The highest BCUT2D eigenvalue weighted by molar-refractivity contribution is 7.09. The number of nitrogens with two attached hydrogens (primary N) is 1. The summed E-state index contributed by atoms with van der Waals surface area (Å²) >= 11 is 1.74. The maximum Gasteiger partial charge on any atom is 0.188 e. The number of benzene rings is 1. The molecular weight excluding hydrogens is 270 g/mol. The summed E-state index contributed by atoms with van der Waals surface area (Å²) in [5, 5.41) is 14.4. The summed E-state index contributed by atoms with van der Waals surface area (Å²) in [5.41, 5.74) is 7.72. The number of aliphatic hydroxyl groups is 1. The van der Waals surface area contributed by atoms with Gasteiger partial charge in [-0.1, -0.05) is 30.3 Å². The molecule has 0 amide bonds. The van der Waals surface area contributed by atoms with Crippen LogP contribution in [0.2, 0.25) is 0 Å². The second-order valence-electron chi connectivity index (χ2n) is 4.38. The monoisotopic (exact) mass is 289 g/mol. The summed E-state index contributed by atoms with van der Waals surface area (Å²) in [5.74, 6) is 0.439. The third-order valence-electron chi connectivity index (χ3n) is 2.97. The molecular formula is C15H19N3OS. The van der Waals surface area contributed by atoms with Gasteiger partial charge >= 0.3 is 0 Å². The predicted octanol–water partition coefficient (Wildman–Crippen LogP) is 1.89. The van der Waals surface area contributed by atoms with Crippen LogP contribution in [-0.2, 0) is 19.6 Å². The van der Waals surface area contributed by atoms with Crippen LogP contribution in [0.15, 0.2) is 46.8 Å². The minimum atomic E-state index is 0.0252. The molecule has 1 aromatic carbocycles. The molecule has 0 aliphatic carbocycles. The Hall–Kier alpha value is -1.85. The highest BCUT2D eigenvalue weighted by Crippen LogP contribution is 2.10. The molecule has 0 unspecified atom stereocenters. The Kier molecular flexibility index (Phi) is 5.58. The van der Waals surface area contributed by atoms with Crippen LogP contribution >= 0.6 is 11.3 Å². The van der Waals surface area contributed by atoms with E-state index in [1.807, 2.05) is 30.3 Å².